The Kier molecular flexibility index (Phi) is 4.49. The number of hydrogen-bond donors (Lipinski definition) is 0. The maximum absolute atomic E-state index is 2.34. The van der Waals surface area contributed by atoms with Gasteiger partial charge in [-0.05, 0) is 61.1 Å². The van der Waals surface area contributed by atoms with E-state index >= 15 is 0 Å². The molecule has 172 valence electrons. The summed E-state index contributed by atoms with van der Waals surface area (Å²) in [6.07, 6.45) is 0. The van der Waals surface area contributed by atoms with Crippen LogP contribution in [0.5, 0.6) is 0 Å². The summed E-state index contributed by atoms with van der Waals surface area (Å²) in [5, 5.41) is 10.4. The SMILES string of the molecule is c1ccc2cc(-c3c4ccccc4c(-c4cccc5c4sc4ccccc45)c4ccccc34)ccc2c1. The fourth-order valence-electron chi connectivity index (χ4n) is 6.02. The molecule has 0 unspecified atom stereocenters. The van der Waals surface area contributed by atoms with Crippen molar-refractivity contribution in [1.82, 2.24) is 0 Å². The number of fused-ring (bicyclic) bond motifs is 6. The van der Waals surface area contributed by atoms with E-state index in [2.05, 4.69) is 133 Å². The summed E-state index contributed by atoms with van der Waals surface area (Å²) < 4.78 is 2.70. The van der Waals surface area contributed by atoms with E-state index in [0.29, 0.717) is 0 Å². The third-order valence-corrected chi connectivity index (χ3v) is 8.86. The average Bonchev–Trinajstić information content (AvgIpc) is 3.35. The van der Waals surface area contributed by atoms with Gasteiger partial charge in [-0.25, -0.2) is 0 Å². The third-order valence-electron chi connectivity index (χ3n) is 7.64. The Morgan fingerprint density at radius 1 is 0.378 bits per heavy atom. The van der Waals surface area contributed by atoms with Gasteiger partial charge in [0, 0.05) is 25.7 Å². The molecule has 0 nitrogen and oxygen atoms in total. The molecule has 0 spiro atoms. The van der Waals surface area contributed by atoms with Gasteiger partial charge in [-0.2, -0.15) is 0 Å². The molecule has 1 heteroatoms. The van der Waals surface area contributed by atoms with Crippen molar-refractivity contribution in [2.75, 3.05) is 0 Å². The van der Waals surface area contributed by atoms with Gasteiger partial charge in [-0.15, -0.1) is 11.3 Å². The van der Waals surface area contributed by atoms with Crippen molar-refractivity contribution in [3.63, 3.8) is 0 Å². The smallest absolute Gasteiger partial charge is 0.0434 e. The van der Waals surface area contributed by atoms with Gasteiger partial charge in [0.2, 0.25) is 0 Å². The highest BCUT2D eigenvalue weighted by Gasteiger charge is 2.19. The molecule has 0 aliphatic carbocycles. The summed E-state index contributed by atoms with van der Waals surface area (Å²) in [6, 6.07) is 48.9. The highest BCUT2D eigenvalue weighted by atomic mass is 32.1. The summed E-state index contributed by atoms with van der Waals surface area (Å²) in [7, 11) is 0. The van der Waals surface area contributed by atoms with Crippen molar-refractivity contribution >= 4 is 63.8 Å². The van der Waals surface area contributed by atoms with Crippen LogP contribution in [0.3, 0.4) is 0 Å². The molecule has 0 saturated carbocycles. The van der Waals surface area contributed by atoms with Crippen LogP contribution in [0.25, 0.3) is 74.7 Å². The van der Waals surface area contributed by atoms with Crippen molar-refractivity contribution in [2.45, 2.75) is 0 Å². The summed E-state index contributed by atoms with van der Waals surface area (Å²) in [5.41, 5.74) is 5.21. The molecule has 0 radical (unpaired) electrons. The lowest BCUT2D eigenvalue weighted by molar-refractivity contribution is 1.69. The van der Waals surface area contributed by atoms with Crippen LogP contribution < -0.4 is 0 Å². The topological polar surface area (TPSA) is 0 Å². The van der Waals surface area contributed by atoms with Gasteiger partial charge in [0.25, 0.3) is 0 Å². The summed E-state index contributed by atoms with van der Waals surface area (Å²) in [5.74, 6) is 0. The first kappa shape index (κ1) is 20.7. The summed E-state index contributed by atoms with van der Waals surface area (Å²) in [4.78, 5) is 0. The van der Waals surface area contributed by atoms with E-state index in [1.54, 1.807) is 0 Å². The van der Waals surface area contributed by atoms with E-state index in [1.165, 1.54) is 74.7 Å². The Hall–Kier alpha value is -4.46. The van der Waals surface area contributed by atoms with Crippen molar-refractivity contribution < 1.29 is 0 Å². The minimum Gasteiger partial charge on any atom is -0.135 e. The largest absolute Gasteiger partial charge is 0.135 e. The lowest BCUT2D eigenvalue weighted by Crippen LogP contribution is -1.91. The van der Waals surface area contributed by atoms with E-state index in [-0.39, 0.29) is 0 Å². The number of thiophene rings is 1. The molecule has 8 aromatic rings. The van der Waals surface area contributed by atoms with Gasteiger partial charge < -0.3 is 0 Å². The van der Waals surface area contributed by atoms with Crippen LogP contribution in [0.1, 0.15) is 0 Å². The van der Waals surface area contributed by atoms with Crippen LogP contribution in [0, 0.1) is 0 Å². The predicted molar refractivity (Wildman–Crippen MR) is 163 cm³/mol. The van der Waals surface area contributed by atoms with Gasteiger partial charge in [-0.3, -0.25) is 0 Å². The van der Waals surface area contributed by atoms with E-state index in [9.17, 15) is 0 Å². The van der Waals surface area contributed by atoms with Crippen LogP contribution in [-0.2, 0) is 0 Å². The summed E-state index contributed by atoms with van der Waals surface area (Å²) in [6.45, 7) is 0. The molecule has 0 aliphatic heterocycles. The highest BCUT2D eigenvalue weighted by molar-refractivity contribution is 7.26. The van der Waals surface area contributed by atoms with E-state index in [1.807, 2.05) is 11.3 Å². The van der Waals surface area contributed by atoms with Gasteiger partial charge in [0.05, 0.1) is 0 Å². The molecule has 1 aromatic heterocycles. The first-order valence-electron chi connectivity index (χ1n) is 12.7. The molecular formula is C36H22S. The number of rotatable bonds is 2. The van der Waals surface area contributed by atoms with E-state index in [0.717, 1.165) is 0 Å². The van der Waals surface area contributed by atoms with Gasteiger partial charge in [0.15, 0.2) is 0 Å². The van der Waals surface area contributed by atoms with Gasteiger partial charge >= 0.3 is 0 Å². The molecule has 0 saturated heterocycles. The monoisotopic (exact) mass is 486 g/mol. The second-order valence-corrected chi connectivity index (χ2v) is 10.7. The van der Waals surface area contributed by atoms with Crippen LogP contribution in [0.15, 0.2) is 133 Å². The maximum atomic E-state index is 2.34. The molecule has 1 heterocycles. The molecule has 0 amide bonds. The quantitative estimate of drug-likeness (QED) is 0.213. The lowest BCUT2D eigenvalue weighted by Gasteiger charge is -2.18. The minimum atomic E-state index is 1.26. The molecular weight excluding hydrogens is 464 g/mol. The molecule has 37 heavy (non-hydrogen) atoms. The maximum Gasteiger partial charge on any atom is 0.0434 e. The first-order valence-corrected chi connectivity index (χ1v) is 13.5. The molecule has 8 rings (SSSR count). The van der Waals surface area contributed by atoms with E-state index < -0.39 is 0 Å². The Morgan fingerprint density at radius 3 is 1.68 bits per heavy atom. The number of benzene rings is 7. The Labute approximate surface area is 219 Å². The Balaban J connectivity index is 1.53. The number of hydrogen-bond acceptors (Lipinski definition) is 1. The predicted octanol–water partition coefficient (Wildman–Crippen LogP) is 10.8. The van der Waals surface area contributed by atoms with Crippen LogP contribution in [0.2, 0.25) is 0 Å². The molecule has 0 N–H and O–H groups in total. The average molecular weight is 487 g/mol. The van der Waals surface area contributed by atoms with Gasteiger partial charge in [0.1, 0.15) is 0 Å². The van der Waals surface area contributed by atoms with Crippen molar-refractivity contribution in [2.24, 2.45) is 0 Å². The molecule has 0 bridgehead atoms. The fourth-order valence-corrected chi connectivity index (χ4v) is 7.24. The standard InChI is InChI=1S/C36H22S/c1-2-11-24-22-25(21-20-23(24)10-1)34-27-13-3-5-15-29(27)35(30-16-6-4-14-28(30)34)32-18-9-17-31-26-12-7-8-19-33(26)37-36(31)32/h1-22H. The third kappa shape index (κ3) is 3.08. The first-order chi connectivity index (χ1) is 18.4. The summed E-state index contributed by atoms with van der Waals surface area (Å²) >= 11 is 1.90. The minimum absolute atomic E-state index is 1.26. The fraction of sp³-hybridized carbons (Fsp3) is 0. The zero-order valence-corrected chi connectivity index (χ0v) is 20.9. The van der Waals surface area contributed by atoms with Gasteiger partial charge in [-0.1, -0.05) is 121 Å². The Morgan fingerprint density at radius 2 is 0.946 bits per heavy atom. The van der Waals surface area contributed by atoms with Crippen molar-refractivity contribution in [1.29, 1.82) is 0 Å². The zero-order chi connectivity index (χ0) is 24.3. The molecule has 0 atom stereocenters. The van der Waals surface area contributed by atoms with Crippen LogP contribution >= 0.6 is 11.3 Å². The lowest BCUT2D eigenvalue weighted by atomic mass is 9.85. The second-order valence-electron chi connectivity index (χ2n) is 9.68. The van der Waals surface area contributed by atoms with Crippen molar-refractivity contribution in [3.05, 3.63) is 133 Å². The van der Waals surface area contributed by atoms with Crippen LogP contribution in [-0.4, -0.2) is 0 Å². The van der Waals surface area contributed by atoms with Crippen LogP contribution in [0.4, 0.5) is 0 Å². The Bertz CT molecular complexity index is 2090. The van der Waals surface area contributed by atoms with Crippen molar-refractivity contribution in [3.8, 4) is 22.3 Å². The molecule has 0 fully saturated rings. The highest BCUT2D eigenvalue weighted by Crippen LogP contribution is 2.47. The second kappa shape index (κ2) is 8.03. The molecule has 0 aliphatic rings. The molecule has 7 aromatic carbocycles. The normalized spacial score (nSPS) is 11.8. The zero-order valence-electron chi connectivity index (χ0n) is 20.1. The van der Waals surface area contributed by atoms with E-state index in [4.69, 9.17) is 0 Å².